The molecule has 0 fully saturated rings. The van der Waals surface area contributed by atoms with Gasteiger partial charge in [-0.3, -0.25) is 0 Å². The highest BCUT2D eigenvalue weighted by Crippen LogP contribution is 2.40. The number of rotatable bonds is 6. The van der Waals surface area contributed by atoms with E-state index in [1.54, 1.807) is 0 Å². The van der Waals surface area contributed by atoms with E-state index in [2.05, 4.69) is 200 Å². The molecule has 11 aromatic rings. The zero-order valence-corrected chi connectivity index (χ0v) is 30.4. The van der Waals surface area contributed by atoms with E-state index in [1.807, 2.05) is 6.07 Å². The van der Waals surface area contributed by atoms with Gasteiger partial charge in [0.2, 0.25) is 0 Å². The molecule has 0 radical (unpaired) electrons. The summed E-state index contributed by atoms with van der Waals surface area (Å²) in [6, 6.07) is 73.5. The van der Waals surface area contributed by atoms with Crippen molar-refractivity contribution in [2.45, 2.75) is 0 Å². The van der Waals surface area contributed by atoms with Crippen molar-refractivity contribution >= 4 is 43.9 Å². The minimum atomic E-state index is 0.821. The molecule has 11 rings (SSSR count). The van der Waals surface area contributed by atoms with Crippen molar-refractivity contribution in [1.82, 2.24) is 0 Å². The Morgan fingerprint density at radius 1 is 0.179 bits per heavy atom. The molecule has 0 N–H and O–H groups in total. The maximum atomic E-state index is 6.41. The maximum absolute atomic E-state index is 6.41. The lowest BCUT2D eigenvalue weighted by atomic mass is 9.96. The molecule has 0 atom stereocenters. The summed E-state index contributed by atoms with van der Waals surface area (Å²) < 4.78 is 12.8. The Labute approximate surface area is 324 Å². The topological polar surface area (TPSA) is 26.3 Å². The van der Waals surface area contributed by atoms with Crippen LogP contribution in [0.4, 0.5) is 0 Å². The minimum Gasteiger partial charge on any atom is -0.456 e. The predicted molar refractivity (Wildman–Crippen MR) is 234 cm³/mol. The van der Waals surface area contributed by atoms with Crippen molar-refractivity contribution in [3.8, 4) is 66.8 Å². The highest BCUT2D eigenvalue weighted by molar-refractivity contribution is 6.16. The summed E-state index contributed by atoms with van der Waals surface area (Å²) in [4.78, 5) is 0. The molecule has 0 saturated carbocycles. The number of benzene rings is 9. The molecule has 0 bridgehead atoms. The van der Waals surface area contributed by atoms with Gasteiger partial charge in [0.05, 0.1) is 0 Å². The van der Waals surface area contributed by atoms with Crippen LogP contribution in [-0.2, 0) is 0 Å². The van der Waals surface area contributed by atoms with Crippen molar-refractivity contribution in [2.24, 2.45) is 0 Å². The maximum Gasteiger partial charge on any atom is 0.139 e. The van der Waals surface area contributed by atoms with Gasteiger partial charge in [-0.25, -0.2) is 0 Å². The van der Waals surface area contributed by atoms with Crippen LogP contribution in [0.25, 0.3) is 111 Å². The summed E-state index contributed by atoms with van der Waals surface area (Å²) in [6.07, 6.45) is 0. The largest absolute Gasteiger partial charge is 0.456 e. The standard InChI is InChI=1S/C54H34O2/c1-3-9-35(10-4-1)37-17-21-39(22-18-37)41-13-7-15-43(29-41)45-25-27-51-47(31-45)49-33-50-48-32-46(26-28-52(48)56-54(50)34-53(49)55-51)44-16-8-14-42(30-44)40-23-19-38(20-24-40)36-11-5-2-6-12-36/h1-34H. The molecule has 0 aliphatic rings. The summed E-state index contributed by atoms with van der Waals surface area (Å²) in [7, 11) is 0. The SMILES string of the molecule is c1ccc(-c2ccc(-c3cccc(-c4ccc5oc6cc7oc8ccc(-c9cccc(-c%10ccc(-c%11ccccc%11)cc%10)c9)cc8c7cc6c5c4)c3)cc2)cc1. The monoisotopic (exact) mass is 714 g/mol. The fourth-order valence-corrected chi connectivity index (χ4v) is 8.13. The molecule has 2 heteroatoms. The molecule has 0 aliphatic carbocycles. The second-order valence-electron chi connectivity index (χ2n) is 14.5. The molecule has 0 spiro atoms. The van der Waals surface area contributed by atoms with Gasteiger partial charge in [0, 0.05) is 27.6 Å². The van der Waals surface area contributed by atoms with Gasteiger partial charge in [0.25, 0.3) is 0 Å². The van der Waals surface area contributed by atoms with Crippen LogP contribution in [0.15, 0.2) is 215 Å². The first-order valence-corrected chi connectivity index (χ1v) is 19.1. The van der Waals surface area contributed by atoms with Gasteiger partial charge in [-0.05, 0) is 109 Å². The van der Waals surface area contributed by atoms with Crippen LogP contribution in [0.2, 0.25) is 0 Å². The lowest BCUT2D eigenvalue weighted by Gasteiger charge is -2.08. The third-order valence-corrected chi connectivity index (χ3v) is 11.1. The Bertz CT molecular complexity index is 2990. The van der Waals surface area contributed by atoms with Crippen molar-refractivity contribution in [3.05, 3.63) is 206 Å². The summed E-state index contributed by atoms with van der Waals surface area (Å²) in [5.74, 6) is 0. The van der Waals surface area contributed by atoms with Crippen LogP contribution >= 0.6 is 0 Å². The average molecular weight is 715 g/mol. The van der Waals surface area contributed by atoms with Crippen LogP contribution < -0.4 is 0 Å². The quantitative estimate of drug-likeness (QED) is 0.171. The van der Waals surface area contributed by atoms with E-state index in [9.17, 15) is 0 Å². The van der Waals surface area contributed by atoms with Crippen molar-refractivity contribution in [1.29, 1.82) is 0 Å². The van der Waals surface area contributed by atoms with E-state index < -0.39 is 0 Å². The average Bonchev–Trinajstić information content (AvgIpc) is 3.82. The minimum absolute atomic E-state index is 0.821. The van der Waals surface area contributed by atoms with Crippen molar-refractivity contribution < 1.29 is 8.83 Å². The van der Waals surface area contributed by atoms with Gasteiger partial charge in [-0.15, -0.1) is 0 Å². The van der Waals surface area contributed by atoms with Gasteiger partial charge >= 0.3 is 0 Å². The van der Waals surface area contributed by atoms with Crippen LogP contribution in [0.5, 0.6) is 0 Å². The van der Waals surface area contributed by atoms with Gasteiger partial charge in [0.1, 0.15) is 22.3 Å². The number of furan rings is 2. The third-order valence-electron chi connectivity index (χ3n) is 11.1. The van der Waals surface area contributed by atoms with Crippen molar-refractivity contribution in [2.75, 3.05) is 0 Å². The van der Waals surface area contributed by atoms with Crippen LogP contribution in [0, 0.1) is 0 Å². The van der Waals surface area contributed by atoms with E-state index in [-0.39, 0.29) is 0 Å². The molecule has 0 unspecified atom stereocenters. The molecule has 0 aliphatic heterocycles. The first-order valence-electron chi connectivity index (χ1n) is 19.1. The molecule has 0 saturated heterocycles. The van der Waals surface area contributed by atoms with Gasteiger partial charge < -0.3 is 8.83 Å². The van der Waals surface area contributed by atoms with Crippen LogP contribution in [-0.4, -0.2) is 0 Å². The van der Waals surface area contributed by atoms with Crippen molar-refractivity contribution in [3.63, 3.8) is 0 Å². The molecule has 56 heavy (non-hydrogen) atoms. The highest BCUT2D eigenvalue weighted by Gasteiger charge is 2.16. The van der Waals surface area contributed by atoms with Gasteiger partial charge in [-0.1, -0.05) is 158 Å². The summed E-state index contributed by atoms with van der Waals surface area (Å²) >= 11 is 0. The molecule has 2 heterocycles. The first kappa shape index (κ1) is 32.0. The molecule has 2 aromatic heterocycles. The molecule has 9 aromatic carbocycles. The lowest BCUT2D eigenvalue weighted by Crippen LogP contribution is -1.83. The van der Waals surface area contributed by atoms with Crippen LogP contribution in [0.3, 0.4) is 0 Å². The molecule has 0 amide bonds. The van der Waals surface area contributed by atoms with E-state index in [0.717, 1.165) is 55.0 Å². The van der Waals surface area contributed by atoms with E-state index in [4.69, 9.17) is 8.83 Å². The smallest absolute Gasteiger partial charge is 0.139 e. The Hall–Kier alpha value is -7.42. The number of fused-ring (bicyclic) bond motifs is 6. The van der Waals surface area contributed by atoms with E-state index in [0.29, 0.717) is 0 Å². The predicted octanol–water partition coefficient (Wildman–Crippen LogP) is 15.5. The molecular formula is C54H34O2. The fraction of sp³-hybridized carbons (Fsp3) is 0. The zero-order valence-electron chi connectivity index (χ0n) is 30.4. The Morgan fingerprint density at radius 3 is 0.875 bits per heavy atom. The fourth-order valence-electron chi connectivity index (χ4n) is 8.13. The summed E-state index contributed by atoms with van der Waals surface area (Å²) in [5.41, 5.74) is 17.6. The van der Waals surface area contributed by atoms with Gasteiger partial charge in [-0.2, -0.15) is 0 Å². The Kier molecular flexibility index (Phi) is 7.53. The highest BCUT2D eigenvalue weighted by atomic mass is 16.3. The van der Waals surface area contributed by atoms with E-state index >= 15 is 0 Å². The zero-order chi connectivity index (χ0) is 37.0. The molecule has 2 nitrogen and oxygen atoms in total. The molecule has 262 valence electrons. The normalized spacial score (nSPS) is 11.6. The third kappa shape index (κ3) is 5.68. The second kappa shape index (κ2) is 13.2. The Morgan fingerprint density at radius 2 is 0.464 bits per heavy atom. The summed E-state index contributed by atoms with van der Waals surface area (Å²) in [5, 5.41) is 4.34. The summed E-state index contributed by atoms with van der Waals surface area (Å²) in [6.45, 7) is 0. The first-order chi connectivity index (χ1) is 27.7. The van der Waals surface area contributed by atoms with E-state index in [1.165, 1.54) is 55.6 Å². The second-order valence-corrected chi connectivity index (χ2v) is 14.5. The molecular weight excluding hydrogens is 681 g/mol. The lowest BCUT2D eigenvalue weighted by molar-refractivity contribution is 0.656. The van der Waals surface area contributed by atoms with Crippen LogP contribution in [0.1, 0.15) is 0 Å². The number of hydrogen-bond acceptors (Lipinski definition) is 2. The Balaban J connectivity index is 0.933. The number of hydrogen-bond donors (Lipinski definition) is 0. The van der Waals surface area contributed by atoms with Gasteiger partial charge in [0.15, 0.2) is 0 Å².